The highest BCUT2D eigenvalue weighted by Crippen LogP contribution is 2.43. The van der Waals surface area contributed by atoms with Crippen LogP contribution in [-0.2, 0) is 14.4 Å². The van der Waals surface area contributed by atoms with E-state index in [1.165, 1.54) is 0 Å². The lowest BCUT2D eigenvalue weighted by atomic mass is 9.91. The van der Waals surface area contributed by atoms with Crippen LogP contribution in [0.4, 0.5) is 5.69 Å². The van der Waals surface area contributed by atoms with Crippen LogP contribution in [0.3, 0.4) is 0 Å². The second kappa shape index (κ2) is 9.88. The number of ketones is 2. The predicted molar refractivity (Wildman–Crippen MR) is 134 cm³/mol. The third-order valence-corrected chi connectivity index (χ3v) is 8.42. The van der Waals surface area contributed by atoms with Crippen LogP contribution in [0.2, 0.25) is 0 Å². The van der Waals surface area contributed by atoms with Crippen molar-refractivity contribution >= 4 is 40.0 Å². The summed E-state index contributed by atoms with van der Waals surface area (Å²) >= 11 is 0. The van der Waals surface area contributed by atoms with E-state index in [-0.39, 0.29) is 47.6 Å². The molecule has 2 saturated carbocycles. The lowest BCUT2D eigenvalue weighted by Gasteiger charge is -2.29. The number of nitrogens with zero attached hydrogens (tertiary/aromatic N) is 2. The molecule has 8 nitrogen and oxygen atoms in total. The third-order valence-electron chi connectivity index (χ3n) is 8.42. The van der Waals surface area contributed by atoms with Gasteiger partial charge in [-0.1, -0.05) is 25.5 Å². The molecule has 36 heavy (non-hydrogen) atoms. The fraction of sp³-hybridized carbons (Fsp3) is 0.536. The minimum absolute atomic E-state index is 0.0580. The highest BCUT2D eigenvalue weighted by molar-refractivity contribution is 6.04. The van der Waals surface area contributed by atoms with Crippen molar-refractivity contribution in [2.45, 2.75) is 70.4 Å². The molecule has 2 amide bonds. The first kappa shape index (κ1) is 24.2. The highest BCUT2D eigenvalue weighted by Gasteiger charge is 2.50. The second-order valence-corrected chi connectivity index (χ2v) is 10.5. The number of hydrogen-bond acceptors (Lipinski definition) is 4. The summed E-state index contributed by atoms with van der Waals surface area (Å²) in [5, 5.41) is 3.65. The molecule has 1 saturated heterocycles. The average Bonchev–Trinajstić information content (AvgIpc) is 3.66. The number of aromatic amines is 1. The van der Waals surface area contributed by atoms with Gasteiger partial charge in [-0.05, 0) is 56.1 Å². The van der Waals surface area contributed by atoms with E-state index in [4.69, 9.17) is 6.57 Å². The molecule has 2 aliphatic carbocycles. The van der Waals surface area contributed by atoms with Gasteiger partial charge in [0.15, 0.2) is 11.5 Å². The van der Waals surface area contributed by atoms with Gasteiger partial charge in [0, 0.05) is 36.2 Å². The van der Waals surface area contributed by atoms with Gasteiger partial charge in [0.2, 0.25) is 5.91 Å². The molecule has 3 aliphatic rings. The Hall–Kier alpha value is -3.47. The summed E-state index contributed by atoms with van der Waals surface area (Å²) in [6.45, 7) is 9.67. The Morgan fingerprint density at radius 1 is 1.22 bits per heavy atom. The third kappa shape index (κ3) is 4.32. The van der Waals surface area contributed by atoms with Gasteiger partial charge < -0.3 is 15.2 Å². The minimum Gasteiger partial charge on any atom is -0.352 e. The van der Waals surface area contributed by atoms with Crippen molar-refractivity contribution in [2.24, 2.45) is 17.8 Å². The molecule has 2 N–H and O–H groups in total. The Balaban J connectivity index is 1.40. The van der Waals surface area contributed by atoms with Gasteiger partial charge in [-0.3, -0.25) is 19.2 Å². The standard InChI is InChI=1S/C28H32N4O4/c1-3-24(33)22(13-16-7-5-12-25(16)34)31-27(35)26-18-9-4-8-17(18)15-32(26)28(36)23-14-19-20(29-2)10-6-11-21(19)30-23/h6,10-11,14,16-18,22,26,30H,3-5,7-9,12-13,15H2,1H3,(H,31,35). The van der Waals surface area contributed by atoms with Crippen LogP contribution in [0.1, 0.15) is 68.8 Å². The van der Waals surface area contributed by atoms with Gasteiger partial charge >= 0.3 is 0 Å². The van der Waals surface area contributed by atoms with Crippen molar-refractivity contribution in [3.63, 3.8) is 0 Å². The molecule has 5 atom stereocenters. The molecule has 1 aromatic heterocycles. The number of carbonyl (C=O) groups excluding carboxylic acids is 4. The summed E-state index contributed by atoms with van der Waals surface area (Å²) in [6.07, 6.45) is 5.62. The molecular formula is C28H32N4O4. The zero-order chi connectivity index (χ0) is 25.4. The highest BCUT2D eigenvalue weighted by atomic mass is 16.2. The summed E-state index contributed by atoms with van der Waals surface area (Å²) in [6, 6.07) is 5.66. The fourth-order valence-electron chi connectivity index (χ4n) is 6.55. The maximum Gasteiger partial charge on any atom is 0.270 e. The first-order chi connectivity index (χ1) is 17.4. The predicted octanol–water partition coefficient (Wildman–Crippen LogP) is 4.18. The van der Waals surface area contributed by atoms with E-state index in [1.54, 1.807) is 30.0 Å². The molecule has 0 spiro atoms. The first-order valence-corrected chi connectivity index (χ1v) is 13.1. The van der Waals surface area contributed by atoms with Gasteiger partial charge in [0.25, 0.3) is 5.91 Å². The van der Waals surface area contributed by atoms with E-state index in [0.29, 0.717) is 41.7 Å². The van der Waals surface area contributed by atoms with E-state index < -0.39 is 12.1 Å². The molecule has 1 aromatic carbocycles. The van der Waals surface area contributed by atoms with Gasteiger partial charge in [-0.2, -0.15) is 0 Å². The van der Waals surface area contributed by atoms with E-state index >= 15 is 0 Å². The number of fused-ring (bicyclic) bond motifs is 2. The Morgan fingerprint density at radius 3 is 2.78 bits per heavy atom. The number of H-pyrrole nitrogens is 1. The van der Waals surface area contributed by atoms with Gasteiger partial charge in [0.05, 0.1) is 12.6 Å². The molecule has 8 heteroatoms. The first-order valence-electron chi connectivity index (χ1n) is 13.1. The molecule has 0 radical (unpaired) electrons. The molecule has 5 rings (SSSR count). The minimum atomic E-state index is -0.707. The number of nitrogens with one attached hydrogen (secondary N) is 2. The number of likely N-dealkylation sites (tertiary alicyclic amines) is 1. The average molecular weight is 489 g/mol. The maximum absolute atomic E-state index is 13.7. The van der Waals surface area contributed by atoms with E-state index in [0.717, 1.165) is 32.1 Å². The van der Waals surface area contributed by atoms with Gasteiger partial charge in [-0.15, -0.1) is 0 Å². The lowest BCUT2D eigenvalue weighted by molar-refractivity contribution is -0.131. The molecule has 2 aromatic rings. The van der Waals surface area contributed by atoms with Crippen LogP contribution in [-0.4, -0.2) is 51.9 Å². The molecule has 3 fully saturated rings. The fourth-order valence-corrected chi connectivity index (χ4v) is 6.55. The topological polar surface area (TPSA) is 104 Å². The molecular weight excluding hydrogens is 456 g/mol. The number of carbonyl (C=O) groups is 4. The summed E-state index contributed by atoms with van der Waals surface area (Å²) in [5.41, 5.74) is 1.54. The monoisotopic (exact) mass is 488 g/mol. The quantitative estimate of drug-likeness (QED) is 0.571. The summed E-state index contributed by atoms with van der Waals surface area (Å²) < 4.78 is 0. The van der Waals surface area contributed by atoms with Crippen molar-refractivity contribution in [2.75, 3.05) is 6.54 Å². The van der Waals surface area contributed by atoms with Crippen molar-refractivity contribution < 1.29 is 19.2 Å². The van der Waals surface area contributed by atoms with Crippen LogP contribution in [0.15, 0.2) is 24.3 Å². The lowest BCUT2D eigenvalue weighted by Crippen LogP contribution is -2.53. The summed E-state index contributed by atoms with van der Waals surface area (Å²) in [5.74, 6) is -0.344. The molecule has 2 heterocycles. The molecule has 1 aliphatic heterocycles. The molecule has 5 unspecified atom stereocenters. The Morgan fingerprint density at radius 2 is 2.06 bits per heavy atom. The Labute approximate surface area is 210 Å². The number of Topliss-reactive ketones (excluding diaryl/α,β-unsaturated/α-hetero) is 2. The largest absolute Gasteiger partial charge is 0.352 e. The van der Waals surface area contributed by atoms with Crippen molar-refractivity contribution in [1.29, 1.82) is 0 Å². The van der Waals surface area contributed by atoms with Gasteiger partial charge in [-0.25, -0.2) is 4.85 Å². The molecule has 0 bridgehead atoms. The van der Waals surface area contributed by atoms with Crippen molar-refractivity contribution in [1.82, 2.24) is 15.2 Å². The zero-order valence-electron chi connectivity index (χ0n) is 20.6. The Bertz CT molecular complexity index is 1260. The SMILES string of the molecule is [C-]#[N+]c1cccc2[nH]c(C(=O)N3CC4CCCC4C3C(=O)NC(CC3CCCC3=O)C(=O)CC)cc12. The number of hydrogen-bond donors (Lipinski definition) is 2. The van der Waals surface area contributed by atoms with E-state index in [9.17, 15) is 19.2 Å². The smallest absolute Gasteiger partial charge is 0.270 e. The van der Waals surface area contributed by atoms with Crippen LogP contribution in [0.5, 0.6) is 0 Å². The Kier molecular flexibility index (Phi) is 6.65. The van der Waals surface area contributed by atoms with Crippen molar-refractivity contribution in [3.05, 3.63) is 41.4 Å². The van der Waals surface area contributed by atoms with E-state index in [2.05, 4.69) is 15.1 Å². The van der Waals surface area contributed by atoms with Crippen molar-refractivity contribution in [3.8, 4) is 0 Å². The number of rotatable bonds is 7. The number of aromatic nitrogens is 1. The maximum atomic E-state index is 13.7. The zero-order valence-corrected chi connectivity index (χ0v) is 20.6. The van der Waals surface area contributed by atoms with Crippen LogP contribution in [0, 0.1) is 24.3 Å². The van der Waals surface area contributed by atoms with Crippen LogP contribution in [0.25, 0.3) is 15.7 Å². The van der Waals surface area contributed by atoms with Crippen LogP contribution >= 0.6 is 0 Å². The van der Waals surface area contributed by atoms with E-state index in [1.807, 2.05) is 6.07 Å². The normalized spacial score (nSPS) is 26.1. The number of benzene rings is 1. The molecule has 188 valence electrons. The summed E-state index contributed by atoms with van der Waals surface area (Å²) in [4.78, 5) is 60.7. The van der Waals surface area contributed by atoms with Crippen LogP contribution < -0.4 is 5.32 Å². The summed E-state index contributed by atoms with van der Waals surface area (Å²) in [7, 11) is 0. The second-order valence-electron chi connectivity index (χ2n) is 10.5. The van der Waals surface area contributed by atoms with Gasteiger partial charge in [0.1, 0.15) is 17.5 Å². The number of amides is 2.